The van der Waals surface area contributed by atoms with Crippen molar-refractivity contribution in [3.63, 3.8) is 0 Å². The van der Waals surface area contributed by atoms with Crippen molar-refractivity contribution in [1.82, 2.24) is 4.98 Å². The Morgan fingerprint density at radius 3 is 1.41 bits per heavy atom. The van der Waals surface area contributed by atoms with E-state index in [4.69, 9.17) is 0 Å². The summed E-state index contributed by atoms with van der Waals surface area (Å²) in [5.74, 6) is -6.72. The first-order valence-corrected chi connectivity index (χ1v) is 14.3. The molecule has 8 aromatic rings. The molecule has 7 aromatic carbocycles. The molecule has 0 amide bonds. The molecule has 0 bridgehead atoms. The van der Waals surface area contributed by atoms with Gasteiger partial charge in [0.05, 0.1) is 11.1 Å². The molecule has 0 unspecified atom stereocenters. The molecule has 0 N–H and O–H groups in total. The fraction of sp³-hybridized carbons (Fsp3) is 0. The summed E-state index contributed by atoms with van der Waals surface area (Å²) in [5.41, 5.74) is 0.738. The lowest BCUT2D eigenvalue weighted by molar-refractivity contribution is 0.547. The highest BCUT2D eigenvalue weighted by Gasteiger charge is 2.26. The van der Waals surface area contributed by atoms with Crippen LogP contribution in [0.5, 0.6) is 0 Å². The fourth-order valence-electron chi connectivity index (χ4n) is 6.63. The Kier molecular flexibility index (Phi) is 6.32. The Morgan fingerprint density at radius 2 is 0.891 bits per heavy atom. The third kappa shape index (κ3) is 4.23. The predicted octanol–water partition coefficient (Wildman–Crippen LogP) is 11.5. The Morgan fingerprint density at radius 1 is 0.391 bits per heavy atom. The SMILES string of the molecule is Fc1cc(F)c(-c2c3ccccc3c(-c3c(F)cc(F)cc3F)c3cc4c(cc23)c(-c2cccnc2)cc2ccccc24)c(F)c1. The van der Waals surface area contributed by atoms with E-state index in [0.29, 0.717) is 35.0 Å². The highest BCUT2D eigenvalue weighted by molar-refractivity contribution is 6.27. The minimum absolute atomic E-state index is 0.0828. The number of benzene rings is 7. The quantitative estimate of drug-likeness (QED) is 0.109. The summed E-state index contributed by atoms with van der Waals surface area (Å²) in [5, 5.41) is 4.15. The maximum atomic E-state index is 15.7. The summed E-state index contributed by atoms with van der Waals surface area (Å²) in [6.45, 7) is 0. The summed E-state index contributed by atoms with van der Waals surface area (Å²) >= 11 is 0. The molecular weight excluding hydrogens is 596 g/mol. The molecule has 0 aliphatic heterocycles. The predicted molar refractivity (Wildman–Crippen MR) is 170 cm³/mol. The highest BCUT2D eigenvalue weighted by Crippen LogP contribution is 2.49. The van der Waals surface area contributed by atoms with E-state index < -0.39 is 46.0 Å². The first-order valence-electron chi connectivity index (χ1n) is 14.3. The normalized spacial score (nSPS) is 11.7. The Bertz CT molecular complexity index is 2500. The van der Waals surface area contributed by atoms with Crippen molar-refractivity contribution < 1.29 is 26.3 Å². The average molecular weight is 616 g/mol. The maximum absolute atomic E-state index is 15.7. The van der Waals surface area contributed by atoms with Crippen LogP contribution < -0.4 is 0 Å². The summed E-state index contributed by atoms with van der Waals surface area (Å²) in [6.07, 6.45) is 3.34. The van der Waals surface area contributed by atoms with Crippen LogP contribution >= 0.6 is 0 Å². The zero-order valence-corrected chi connectivity index (χ0v) is 23.7. The van der Waals surface area contributed by atoms with Gasteiger partial charge in [0.2, 0.25) is 0 Å². The van der Waals surface area contributed by atoms with E-state index in [2.05, 4.69) is 4.98 Å². The topological polar surface area (TPSA) is 12.9 Å². The molecule has 8 rings (SSSR count). The van der Waals surface area contributed by atoms with Gasteiger partial charge < -0.3 is 0 Å². The number of aromatic nitrogens is 1. The number of hydrogen-bond donors (Lipinski definition) is 0. The van der Waals surface area contributed by atoms with E-state index in [9.17, 15) is 8.78 Å². The van der Waals surface area contributed by atoms with Gasteiger partial charge in [-0.2, -0.15) is 0 Å². The zero-order valence-electron chi connectivity index (χ0n) is 23.7. The molecule has 0 saturated carbocycles. The van der Waals surface area contributed by atoms with E-state index >= 15 is 17.6 Å². The van der Waals surface area contributed by atoms with Gasteiger partial charge in [-0.3, -0.25) is 4.98 Å². The summed E-state index contributed by atoms with van der Waals surface area (Å²) < 4.78 is 90.9. The lowest BCUT2D eigenvalue weighted by atomic mass is 9.83. The van der Waals surface area contributed by atoms with Crippen LogP contribution in [-0.2, 0) is 0 Å². The molecule has 0 atom stereocenters. The van der Waals surface area contributed by atoms with Gasteiger partial charge in [-0.1, -0.05) is 54.6 Å². The fourth-order valence-corrected chi connectivity index (χ4v) is 6.63. The van der Waals surface area contributed by atoms with Gasteiger partial charge in [0, 0.05) is 53.3 Å². The van der Waals surface area contributed by atoms with Crippen LogP contribution in [0, 0.1) is 34.9 Å². The van der Waals surface area contributed by atoms with Crippen molar-refractivity contribution in [3.05, 3.63) is 150 Å². The molecule has 0 radical (unpaired) electrons. The summed E-state index contributed by atoms with van der Waals surface area (Å²) in [7, 11) is 0. The number of pyridine rings is 1. The molecule has 0 aliphatic rings. The molecule has 7 heteroatoms. The lowest BCUT2D eigenvalue weighted by Crippen LogP contribution is -1.99. The second kappa shape index (κ2) is 10.4. The first kappa shape index (κ1) is 27.8. The molecule has 1 nitrogen and oxygen atoms in total. The van der Waals surface area contributed by atoms with Crippen molar-refractivity contribution >= 4 is 43.1 Å². The zero-order chi connectivity index (χ0) is 31.7. The largest absolute Gasteiger partial charge is 0.264 e. The minimum atomic E-state index is -1.14. The van der Waals surface area contributed by atoms with E-state index in [1.807, 2.05) is 36.4 Å². The molecule has 0 aliphatic carbocycles. The molecule has 1 aromatic heterocycles. The van der Waals surface area contributed by atoms with E-state index in [0.717, 1.165) is 21.9 Å². The summed E-state index contributed by atoms with van der Waals surface area (Å²) in [4.78, 5) is 4.28. The van der Waals surface area contributed by atoms with Gasteiger partial charge in [0.1, 0.15) is 34.9 Å². The van der Waals surface area contributed by atoms with Gasteiger partial charge in [0.25, 0.3) is 0 Å². The number of halogens is 6. The van der Waals surface area contributed by atoms with Crippen LogP contribution in [0.15, 0.2) is 116 Å². The number of rotatable bonds is 3. The molecule has 46 heavy (non-hydrogen) atoms. The van der Waals surface area contributed by atoms with Crippen LogP contribution in [0.3, 0.4) is 0 Å². The Hall–Kier alpha value is -5.69. The third-order valence-corrected chi connectivity index (χ3v) is 8.49. The van der Waals surface area contributed by atoms with E-state index in [-0.39, 0.29) is 32.7 Å². The van der Waals surface area contributed by atoms with Crippen molar-refractivity contribution in [2.45, 2.75) is 0 Å². The first-order chi connectivity index (χ1) is 22.3. The monoisotopic (exact) mass is 615 g/mol. The molecule has 222 valence electrons. The Labute approximate surface area is 258 Å². The second-order valence-corrected chi connectivity index (χ2v) is 11.1. The molecular formula is C39H19F6N. The van der Waals surface area contributed by atoms with Crippen molar-refractivity contribution in [3.8, 4) is 33.4 Å². The van der Waals surface area contributed by atoms with Gasteiger partial charge in [-0.05, 0) is 72.9 Å². The molecule has 0 saturated heterocycles. The highest BCUT2D eigenvalue weighted by atomic mass is 19.2. The van der Waals surface area contributed by atoms with Crippen LogP contribution in [0.1, 0.15) is 0 Å². The van der Waals surface area contributed by atoms with Crippen LogP contribution in [0.2, 0.25) is 0 Å². The standard InChI is InChI=1S/C39H19F6N/c40-22-13-32(42)38(33(43)14-22)36-25-9-3-4-10-26(25)37(39-34(44)15-23(41)16-35(39)45)31-18-29-27(21-7-5-11-46-19-21)12-20-6-1-2-8-24(20)28(29)17-30(31)36/h1-19H. The second-order valence-electron chi connectivity index (χ2n) is 11.1. The number of fused-ring (bicyclic) bond motifs is 5. The minimum Gasteiger partial charge on any atom is -0.264 e. The Balaban J connectivity index is 1.68. The van der Waals surface area contributed by atoms with Gasteiger partial charge in [-0.15, -0.1) is 0 Å². The third-order valence-electron chi connectivity index (χ3n) is 8.49. The number of nitrogens with zero attached hydrogens (tertiary/aromatic N) is 1. The molecule has 0 fully saturated rings. The van der Waals surface area contributed by atoms with E-state index in [1.54, 1.807) is 54.9 Å². The molecule has 1 heterocycles. The number of hydrogen-bond acceptors (Lipinski definition) is 1. The van der Waals surface area contributed by atoms with Gasteiger partial charge >= 0.3 is 0 Å². The van der Waals surface area contributed by atoms with Crippen molar-refractivity contribution in [2.24, 2.45) is 0 Å². The van der Waals surface area contributed by atoms with Crippen LogP contribution in [-0.4, -0.2) is 4.98 Å². The van der Waals surface area contributed by atoms with Crippen LogP contribution in [0.4, 0.5) is 26.3 Å². The maximum Gasteiger partial charge on any atom is 0.136 e. The van der Waals surface area contributed by atoms with Gasteiger partial charge in [-0.25, -0.2) is 26.3 Å². The smallest absolute Gasteiger partial charge is 0.136 e. The van der Waals surface area contributed by atoms with Crippen molar-refractivity contribution in [2.75, 3.05) is 0 Å². The molecule has 0 spiro atoms. The summed E-state index contributed by atoms with van der Waals surface area (Å²) in [6, 6.07) is 25.6. The van der Waals surface area contributed by atoms with Crippen LogP contribution in [0.25, 0.3) is 76.5 Å². The lowest BCUT2D eigenvalue weighted by Gasteiger charge is -2.21. The average Bonchev–Trinajstić information content (AvgIpc) is 3.04. The van der Waals surface area contributed by atoms with Crippen molar-refractivity contribution in [1.29, 1.82) is 0 Å². The van der Waals surface area contributed by atoms with E-state index in [1.165, 1.54) is 0 Å². The van der Waals surface area contributed by atoms with Gasteiger partial charge in [0.15, 0.2) is 0 Å².